The first kappa shape index (κ1) is 17.5. The number of amides is 1. The molecule has 2 heterocycles. The molecule has 2 aliphatic heterocycles. The van der Waals surface area contributed by atoms with Gasteiger partial charge >= 0.3 is 0 Å². The molecule has 1 amide bonds. The van der Waals surface area contributed by atoms with Gasteiger partial charge in [-0.3, -0.25) is 9.69 Å². The molecule has 1 aliphatic carbocycles. The Morgan fingerprint density at radius 3 is 2.93 bits per heavy atom. The molecule has 6 heteroatoms. The van der Waals surface area contributed by atoms with Gasteiger partial charge in [-0.2, -0.15) is 0 Å². The van der Waals surface area contributed by atoms with Crippen molar-refractivity contribution in [1.29, 1.82) is 0 Å². The third-order valence-electron chi connectivity index (χ3n) is 5.81. The minimum Gasteiger partial charge on any atom is -0.454 e. The molecule has 2 aromatic rings. The summed E-state index contributed by atoms with van der Waals surface area (Å²) >= 11 is 0. The van der Waals surface area contributed by atoms with Gasteiger partial charge in [0.25, 0.3) is 0 Å². The molecule has 5 rings (SSSR count). The zero-order valence-corrected chi connectivity index (χ0v) is 15.6. The average Bonchev–Trinajstić information content (AvgIpc) is 3.23. The number of nitrogens with one attached hydrogen (secondary N) is 1. The summed E-state index contributed by atoms with van der Waals surface area (Å²) in [5.41, 5.74) is 2.71. The molecule has 2 aromatic carbocycles. The molecule has 0 bridgehead atoms. The summed E-state index contributed by atoms with van der Waals surface area (Å²) in [4.78, 5) is 15.2. The van der Waals surface area contributed by atoms with Gasteiger partial charge in [0.05, 0.1) is 6.04 Å². The lowest BCUT2D eigenvalue weighted by atomic mass is 10.1. The Bertz CT molecular complexity index is 913. The molecule has 1 unspecified atom stereocenters. The van der Waals surface area contributed by atoms with Crippen molar-refractivity contribution in [1.82, 2.24) is 4.90 Å². The van der Waals surface area contributed by atoms with E-state index in [0.717, 1.165) is 60.5 Å². The second-order valence-corrected chi connectivity index (χ2v) is 7.77. The Balaban J connectivity index is 1.32. The van der Waals surface area contributed by atoms with Crippen LogP contribution in [-0.2, 0) is 11.3 Å². The lowest BCUT2D eigenvalue weighted by Crippen LogP contribution is -2.39. The fourth-order valence-electron chi connectivity index (χ4n) is 4.24. The lowest BCUT2D eigenvalue weighted by Gasteiger charge is -2.24. The highest BCUT2D eigenvalue weighted by molar-refractivity contribution is 5.95. The predicted octanol–water partition coefficient (Wildman–Crippen LogP) is 4.03. The van der Waals surface area contributed by atoms with Crippen molar-refractivity contribution in [3.8, 4) is 11.5 Å². The van der Waals surface area contributed by atoms with Crippen molar-refractivity contribution in [2.24, 2.45) is 0 Å². The van der Waals surface area contributed by atoms with E-state index in [1.807, 2.05) is 18.2 Å². The van der Waals surface area contributed by atoms with E-state index in [9.17, 15) is 9.18 Å². The zero-order chi connectivity index (χ0) is 19.1. The molecule has 0 spiro atoms. The Labute approximate surface area is 163 Å². The number of para-hydroxylation sites is 1. The highest BCUT2D eigenvalue weighted by atomic mass is 19.1. The summed E-state index contributed by atoms with van der Waals surface area (Å²) < 4.78 is 24.7. The number of rotatable bonds is 5. The van der Waals surface area contributed by atoms with Crippen LogP contribution in [0.4, 0.5) is 10.1 Å². The van der Waals surface area contributed by atoms with Crippen LogP contribution in [-0.4, -0.2) is 30.2 Å². The molecule has 2 fully saturated rings. The van der Waals surface area contributed by atoms with Gasteiger partial charge in [0, 0.05) is 17.8 Å². The van der Waals surface area contributed by atoms with Crippen LogP contribution in [0.15, 0.2) is 36.4 Å². The molecular formula is C22H23FN2O3. The molecular weight excluding hydrogens is 359 g/mol. The molecule has 0 aromatic heterocycles. The van der Waals surface area contributed by atoms with Gasteiger partial charge in [0.2, 0.25) is 12.7 Å². The number of nitrogens with zero attached hydrogens (tertiary/aromatic N) is 1. The monoisotopic (exact) mass is 382 g/mol. The van der Waals surface area contributed by atoms with E-state index in [0.29, 0.717) is 12.5 Å². The third-order valence-corrected chi connectivity index (χ3v) is 5.81. The van der Waals surface area contributed by atoms with E-state index in [1.54, 1.807) is 12.1 Å². The first-order valence-corrected chi connectivity index (χ1v) is 9.91. The average molecular weight is 382 g/mol. The summed E-state index contributed by atoms with van der Waals surface area (Å²) in [6.45, 7) is 1.75. The van der Waals surface area contributed by atoms with Crippen LogP contribution in [0.1, 0.15) is 42.7 Å². The van der Waals surface area contributed by atoms with E-state index in [4.69, 9.17) is 9.47 Å². The smallest absolute Gasteiger partial charge is 0.241 e. The largest absolute Gasteiger partial charge is 0.454 e. The summed E-state index contributed by atoms with van der Waals surface area (Å²) in [5, 5.41) is 3.07. The first-order valence-electron chi connectivity index (χ1n) is 9.91. The van der Waals surface area contributed by atoms with Gasteiger partial charge < -0.3 is 14.8 Å². The van der Waals surface area contributed by atoms with E-state index < -0.39 is 0 Å². The van der Waals surface area contributed by atoms with Crippen molar-refractivity contribution >= 4 is 11.6 Å². The Hall–Kier alpha value is -2.60. The minimum atomic E-state index is -0.248. The topological polar surface area (TPSA) is 50.8 Å². The molecule has 1 atom stereocenters. The molecule has 1 saturated heterocycles. The maximum Gasteiger partial charge on any atom is 0.241 e. The van der Waals surface area contributed by atoms with Crippen molar-refractivity contribution in [3.05, 3.63) is 53.3 Å². The number of hydrogen-bond donors (Lipinski definition) is 1. The van der Waals surface area contributed by atoms with Gasteiger partial charge in [0.15, 0.2) is 11.5 Å². The van der Waals surface area contributed by atoms with Crippen LogP contribution in [0.3, 0.4) is 0 Å². The fraction of sp³-hybridized carbons (Fsp3) is 0.409. The van der Waals surface area contributed by atoms with E-state index >= 15 is 0 Å². The highest BCUT2D eigenvalue weighted by Gasteiger charge is 2.33. The normalized spacial score (nSPS) is 21.1. The second kappa shape index (κ2) is 7.09. The minimum absolute atomic E-state index is 0.0178. The number of halogens is 1. The van der Waals surface area contributed by atoms with Crippen LogP contribution in [0, 0.1) is 5.82 Å². The molecule has 1 N–H and O–H groups in total. The summed E-state index contributed by atoms with van der Waals surface area (Å²) in [6, 6.07) is 10.3. The quantitative estimate of drug-likeness (QED) is 0.848. The number of likely N-dealkylation sites (tertiary alicyclic amines) is 1. The SMILES string of the molecule is O=C(Nc1ccc(F)cc1C1CC1)C1CCCN1Cc1cccc2c1OCO2. The van der Waals surface area contributed by atoms with Gasteiger partial charge in [-0.1, -0.05) is 12.1 Å². The van der Waals surface area contributed by atoms with Crippen molar-refractivity contribution in [2.45, 2.75) is 44.2 Å². The number of carbonyl (C=O) groups excluding carboxylic acids is 1. The first-order chi connectivity index (χ1) is 13.7. The van der Waals surface area contributed by atoms with E-state index in [1.165, 1.54) is 6.07 Å². The van der Waals surface area contributed by atoms with E-state index in [-0.39, 0.29) is 24.6 Å². The molecule has 1 saturated carbocycles. The molecule has 28 heavy (non-hydrogen) atoms. The lowest BCUT2D eigenvalue weighted by molar-refractivity contribution is -0.120. The Kier molecular flexibility index (Phi) is 4.43. The van der Waals surface area contributed by atoms with Crippen LogP contribution in [0.5, 0.6) is 11.5 Å². The number of benzene rings is 2. The Morgan fingerprint density at radius 1 is 1.18 bits per heavy atom. The van der Waals surface area contributed by atoms with Crippen LogP contribution < -0.4 is 14.8 Å². The molecule has 0 radical (unpaired) electrons. The second-order valence-electron chi connectivity index (χ2n) is 7.77. The van der Waals surface area contributed by atoms with Gasteiger partial charge in [-0.05, 0) is 68.0 Å². The van der Waals surface area contributed by atoms with Crippen molar-refractivity contribution in [3.63, 3.8) is 0 Å². The molecule has 5 nitrogen and oxygen atoms in total. The summed E-state index contributed by atoms with van der Waals surface area (Å²) in [6.07, 6.45) is 3.91. The maximum absolute atomic E-state index is 13.6. The number of ether oxygens (including phenoxy) is 2. The van der Waals surface area contributed by atoms with Gasteiger partial charge in [-0.25, -0.2) is 4.39 Å². The van der Waals surface area contributed by atoms with Crippen molar-refractivity contribution < 1.29 is 18.7 Å². The standard InChI is InChI=1S/C22H23FN2O3/c23-16-8-9-18(17(11-16)14-6-7-14)24-22(26)19-4-2-10-25(19)12-15-3-1-5-20-21(15)28-13-27-20/h1,3,5,8-9,11,14,19H,2,4,6-7,10,12-13H2,(H,24,26). The zero-order valence-electron chi connectivity index (χ0n) is 15.6. The summed E-state index contributed by atoms with van der Waals surface area (Å²) in [5.74, 6) is 1.65. The number of anilines is 1. The van der Waals surface area contributed by atoms with Crippen LogP contribution >= 0.6 is 0 Å². The molecule has 146 valence electrons. The van der Waals surface area contributed by atoms with E-state index in [2.05, 4.69) is 10.2 Å². The van der Waals surface area contributed by atoms with Gasteiger partial charge in [-0.15, -0.1) is 0 Å². The fourth-order valence-corrected chi connectivity index (χ4v) is 4.24. The Morgan fingerprint density at radius 2 is 2.07 bits per heavy atom. The summed E-state index contributed by atoms with van der Waals surface area (Å²) in [7, 11) is 0. The third kappa shape index (κ3) is 3.33. The predicted molar refractivity (Wildman–Crippen MR) is 103 cm³/mol. The number of carbonyl (C=O) groups is 1. The maximum atomic E-state index is 13.6. The highest BCUT2D eigenvalue weighted by Crippen LogP contribution is 2.44. The molecule has 3 aliphatic rings. The van der Waals surface area contributed by atoms with Gasteiger partial charge in [0.1, 0.15) is 5.82 Å². The number of hydrogen-bond acceptors (Lipinski definition) is 4. The van der Waals surface area contributed by atoms with Crippen LogP contribution in [0.2, 0.25) is 0 Å². The van der Waals surface area contributed by atoms with Crippen LogP contribution in [0.25, 0.3) is 0 Å². The number of fused-ring (bicyclic) bond motifs is 1. The van der Waals surface area contributed by atoms with Crippen molar-refractivity contribution in [2.75, 3.05) is 18.7 Å².